The normalized spacial score (nSPS) is 20.7. The molecule has 0 aromatic heterocycles. The summed E-state index contributed by atoms with van der Waals surface area (Å²) in [7, 11) is -4.27. The summed E-state index contributed by atoms with van der Waals surface area (Å²) >= 11 is 0. The van der Waals surface area contributed by atoms with Crippen LogP contribution in [0.3, 0.4) is 0 Å². The van der Waals surface area contributed by atoms with Gasteiger partial charge in [-0.05, 0) is 40.0 Å². The molecule has 1 saturated heterocycles. The fraction of sp³-hybridized carbons (Fsp3) is 0.812. The average molecular weight is 409 g/mol. The van der Waals surface area contributed by atoms with Crippen molar-refractivity contribution in [3.63, 3.8) is 0 Å². The second-order valence-electron chi connectivity index (χ2n) is 7.55. The monoisotopic (exact) mass is 409 g/mol. The molecule has 3 unspecified atom stereocenters. The number of nitrogens with zero attached hydrogens (tertiary/aromatic N) is 1. The maximum Gasteiger partial charge on any atom is 0.410 e. The van der Waals surface area contributed by atoms with Gasteiger partial charge < -0.3 is 29.3 Å². The van der Waals surface area contributed by atoms with Gasteiger partial charge in [0, 0.05) is 13.0 Å². The number of carboxylic acids is 2. The molecular formula is C16H28NO9P. The second kappa shape index (κ2) is 9.52. The third-order valence-electron chi connectivity index (χ3n) is 3.98. The molecule has 0 saturated carbocycles. The highest BCUT2D eigenvalue weighted by Gasteiger charge is 2.36. The molecule has 0 radical (unpaired) electrons. The Hall–Kier alpha value is -1.64. The van der Waals surface area contributed by atoms with E-state index in [9.17, 15) is 23.8 Å². The number of hydrogen-bond acceptors (Lipinski definition) is 6. The van der Waals surface area contributed by atoms with Gasteiger partial charge in [0.2, 0.25) is 0 Å². The van der Waals surface area contributed by atoms with Crippen molar-refractivity contribution in [2.75, 3.05) is 19.3 Å². The molecule has 156 valence electrons. The Morgan fingerprint density at radius 1 is 1.26 bits per heavy atom. The number of amides is 1. The van der Waals surface area contributed by atoms with Crippen molar-refractivity contribution in [1.82, 2.24) is 4.90 Å². The maximum absolute atomic E-state index is 12.2. The lowest BCUT2D eigenvalue weighted by molar-refractivity contribution is -0.142. The van der Waals surface area contributed by atoms with Gasteiger partial charge in [-0.3, -0.25) is 14.2 Å². The Bertz CT molecular complexity index is 601. The highest BCUT2D eigenvalue weighted by Crippen LogP contribution is 2.45. The van der Waals surface area contributed by atoms with Crippen molar-refractivity contribution < 1.29 is 43.3 Å². The van der Waals surface area contributed by atoms with E-state index in [1.165, 1.54) is 4.90 Å². The predicted molar refractivity (Wildman–Crippen MR) is 94.6 cm³/mol. The SMILES string of the molecule is CC(C)(C)OC(=O)N1CCCC1COP(=O)(O)CC(CCC(=O)O)C(=O)O. The van der Waals surface area contributed by atoms with E-state index >= 15 is 0 Å². The van der Waals surface area contributed by atoms with Crippen molar-refractivity contribution in [3.05, 3.63) is 0 Å². The van der Waals surface area contributed by atoms with E-state index in [4.69, 9.17) is 19.5 Å². The van der Waals surface area contributed by atoms with E-state index in [0.29, 0.717) is 19.4 Å². The number of rotatable bonds is 9. The molecule has 27 heavy (non-hydrogen) atoms. The Morgan fingerprint density at radius 3 is 2.41 bits per heavy atom. The molecule has 1 aliphatic rings. The first-order chi connectivity index (χ1) is 12.3. The molecule has 10 nitrogen and oxygen atoms in total. The number of carboxylic acid groups (broad SMARTS) is 2. The van der Waals surface area contributed by atoms with Crippen molar-refractivity contribution in [3.8, 4) is 0 Å². The van der Waals surface area contributed by atoms with Crippen molar-refractivity contribution >= 4 is 25.6 Å². The van der Waals surface area contributed by atoms with Gasteiger partial charge >= 0.3 is 25.6 Å². The van der Waals surface area contributed by atoms with Crippen LogP contribution in [0.4, 0.5) is 4.79 Å². The molecular weight excluding hydrogens is 381 g/mol. The minimum Gasteiger partial charge on any atom is -0.481 e. The van der Waals surface area contributed by atoms with Gasteiger partial charge in [-0.25, -0.2) is 4.79 Å². The molecule has 1 aliphatic heterocycles. The van der Waals surface area contributed by atoms with Crippen molar-refractivity contribution in [2.24, 2.45) is 5.92 Å². The Morgan fingerprint density at radius 2 is 1.89 bits per heavy atom. The van der Waals surface area contributed by atoms with Crippen molar-refractivity contribution in [2.45, 2.75) is 58.1 Å². The lowest BCUT2D eigenvalue weighted by atomic mass is 10.1. The van der Waals surface area contributed by atoms with E-state index < -0.39 is 55.8 Å². The first-order valence-corrected chi connectivity index (χ1v) is 10.5. The topological polar surface area (TPSA) is 151 Å². The molecule has 11 heteroatoms. The van der Waals surface area contributed by atoms with Gasteiger partial charge in [0.1, 0.15) is 5.60 Å². The summed E-state index contributed by atoms with van der Waals surface area (Å²) in [6, 6.07) is -0.442. The average Bonchev–Trinajstić information content (AvgIpc) is 2.96. The van der Waals surface area contributed by atoms with E-state index in [2.05, 4.69) is 0 Å². The number of likely N-dealkylation sites (tertiary alicyclic amines) is 1. The van der Waals surface area contributed by atoms with Gasteiger partial charge in [-0.2, -0.15) is 0 Å². The third kappa shape index (κ3) is 8.73. The summed E-state index contributed by atoms with van der Waals surface area (Å²) in [6.07, 6.45) is -0.654. The van der Waals surface area contributed by atoms with Crippen LogP contribution >= 0.6 is 7.60 Å². The summed E-state index contributed by atoms with van der Waals surface area (Å²) in [6.45, 7) is 5.42. The van der Waals surface area contributed by atoms with Crippen LogP contribution < -0.4 is 0 Å². The fourth-order valence-electron chi connectivity index (χ4n) is 2.69. The van der Waals surface area contributed by atoms with Gasteiger partial charge in [-0.15, -0.1) is 0 Å². The molecule has 0 aromatic rings. The lowest BCUT2D eigenvalue weighted by Gasteiger charge is -2.29. The van der Waals surface area contributed by atoms with Crippen LogP contribution in [0.15, 0.2) is 0 Å². The van der Waals surface area contributed by atoms with Gasteiger partial charge in [0.05, 0.1) is 24.7 Å². The first-order valence-electron chi connectivity index (χ1n) is 8.71. The van der Waals surface area contributed by atoms with Crippen LogP contribution in [0.25, 0.3) is 0 Å². The van der Waals surface area contributed by atoms with Gasteiger partial charge in [0.25, 0.3) is 0 Å². The second-order valence-corrected chi connectivity index (χ2v) is 9.45. The molecule has 0 aromatic carbocycles. The van der Waals surface area contributed by atoms with Gasteiger partial charge in [0.15, 0.2) is 0 Å². The van der Waals surface area contributed by atoms with E-state index in [0.717, 1.165) is 0 Å². The van der Waals surface area contributed by atoms with Crippen molar-refractivity contribution in [1.29, 1.82) is 0 Å². The summed E-state index contributed by atoms with van der Waals surface area (Å²) in [5, 5.41) is 17.7. The first kappa shape index (κ1) is 23.4. The van der Waals surface area contributed by atoms with E-state index in [-0.39, 0.29) is 13.0 Å². The Labute approximate surface area is 158 Å². The summed E-state index contributed by atoms with van der Waals surface area (Å²) < 4.78 is 22.6. The molecule has 0 aliphatic carbocycles. The van der Waals surface area contributed by atoms with Crippen LogP contribution in [-0.4, -0.2) is 69.0 Å². The summed E-state index contributed by atoms with van der Waals surface area (Å²) in [4.78, 5) is 45.3. The number of carbonyl (C=O) groups is 3. The quantitative estimate of drug-likeness (QED) is 0.487. The predicted octanol–water partition coefficient (Wildman–Crippen LogP) is 2.15. The summed E-state index contributed by atoms with van der Waals surface area (Å²) in [5.74, 6) is -3.85. The highest BCUT2D eigenvalue weighted by molar-refractivity contribution is 7.52. The molecule has 1 fully saturated rings. The molecule has 1 amide bonds. The minimum atomic E-state index is -4.27. The van der Waals surface area contributed by atoms with Crippen LogP contribution in [0.1, 0.15) is 46.5 Å². The summed E-state index contributed by atoms with van der Waals surface area (Å²) in [5.41, 5.74) is -0.670. The lowest BCUT2D eigenvalue weighted by Crippen LogP contribution is -2.41. The number of ether oxygens (including phenoxy) is 1. The standard InChI is InChI=1S/C16H28NO9P/c1-16(2,3)26-15(22)17-8-4-5-12(17)9-25-27(23,24)10-11(14(20)21)6-7-13(18)19/h11-12H,4-10H2,1-3H3,(H,18,19)(H,20,21)(H,23,24). The van der Waals surface area contributed by atoms with E-state index in [1.54, 1.807) is 20.8 Å². The smallest absolute Gasteiger partial charge is 0.410 e. The van der Waals surface area contributed by atoms with Crippen LogP contribution in [0.5, 0.6) is 0 Å². The van der Waals surface area contributed by atoms with E-state index in [1.807, 2.05) is 0 Å². The number of carbonyl (C=O) groups excluding carboxylic acids is 1. The molecule has 1 rings (SSSR count). The third-order valence-corrected chi connectivity index (χ3v) is 5.44. The number of hydrogen-bond donors (Lipinski definition) is 3. The Kier molecular flexibility index (Phi) is 8.25. The zero-order valence-corrected chi connectivity index (χ0v) is 16.7. The Balaban J connectivity index is 2.62. The fourth-order valence-corrected chi connectivity index (χ4v) is 4.10. The molecule has 3 N–H and O–H groups in total. The molecule has 0 bridgehead atoms. The molecule has 1 heterocycles. The highest BCUT2D eigenvalue weighted by atomic mass is 31.2. The maximum atomic E-state index is 12.2. The largest absolute Gasteiger partial charge is 0.481 e. The molecule has 0 spiro atoms. The number of aliphatic carboxylic acids is 2. The zero-order chi connectivity index (χ0) is 20.8. The molecule has 3 atom stereocenters. The van der Waals surface area contributed by atoms with Gasteiger partial charge in [-0.1, -0.05) is 0 Å². The van der Waals surface area contributed by atoms with Crippen LogP contribution in [0.2, 0.25) is 0 Å². The van der Waals surface area contributed by atoms with Crippen LogP contribution in [-0.2, 0) is 23.4 Å². The zero-order valence-electron chi connectivity index (χ0n) is 15.8. The minimum absolute atomic E-state index is 0.224. The van der Waals surface area contributed by atoms with Crippen LogP contribution in [0, 0.1) is 5.92 Å².